The van der Waals surface area contributed by atoms with E-state index in [0.29, 0.717) is 24.2 Å². The van der Waals surface area contributed by atoms with Gasteiger partial charge in [0.2, 0.25) is 5.91 Å². The number of nitrogens with zero attached hydrogens (tertiary/aromatic N) is 1. The summed E-state index contributed by atoms with van der Waals surface area (Å²) in [6.45, 7) is 5.48. The van der Waals surface area contributed by atoms with Gasteiger partial charge < -0.3 is 11.1 Å². The van der Waals surface area contributed by atoms with Gasteiger partial charge in [-0.1, -0.05) is 6.92 Å². The van der Waals surface area contributed by atoms with Crippen LogP contribution in [-0.4, -0.2) is 29.9 Å². The van der Waals surface area contributed by atoms with E-state index in [4.69, 9.17) is 5.73 Å². The van der Waals surface area contributed by atoms with Gasteiger partial charge in [0, 0.05) is 18.3 Å². The highest BCUT2D eigenvalue weighted by atomic mass is 19.1. The number of hydrogen-bond acceptors (Lipinski definition) is 3. The Morgan fingerprint density at radius 2 is 2.26 bits per heavy atom. The van der Waals surface area contributed by atoms with Gasteiger partial charge in [-0.05, 0) is 37.5 Å². The number of carbonyl (C=O) groups excluding carboxylic acids is 1. The van der Waals surface area contributed by atoms with Crippen LogP contribution in [0.25, 0.3) is 0 Å². The molecule has 1 amide bonds. The fourth-order valence-electron chi connectivity index (χ4n) is 2.62. The molecule has 1 aliphatic heterocycles. The molecule has 0 saturated carbocycles. The van der Waals surface area contributed by atoms with Crippen molar-refractivity contribution in [2.45, 2.75) is 26.3 Å². The van der Waals surface area contributed by atoms with Crippen molar-refractivity contribution in [3.05, 3.63) is 24.0 Å². The van der Waals surface area contributed by atoms with E-state index in [1.165, 1.54) is 18.2 Å². The average Bonchev–Trinajstić information content (AvgIpc) is 2.62. The van der Waals surface area contributed by atoms with E-state index in [-0.39, 0.29) is 11.6 Å². The number of benzene rings is 1. The van der Waals surface area contributed by atoms with Gasteiger partial charge in [-0.25, -0.2) is 4.39 Å². The molecule has 0 bridgehead atoms. The Bertz CT molecular complexity index is 478. The van der Waals surface area contributed by atoms with Crippen LogP contribution in [0.1, 0.15) is 20.3 Å². The van der Waals surface area contributed by atoms with E-state index in [1.807, 2.05) is 0 Å². The van der Waals surface area contributed by atoms with Crippen LogP contribution in [-0.2, 0) is 4.79 Å². The van der Waals surface area contributed by atoms with Crippen LogP contribution in [0.15, 0.2) is 18.2 Å². The fraction of sp³-hybridized carbons (Fsp3) is 0.500. The van der Waals surface area contributed by atoms with Gasteiger partial charge in [0.05, 0.1) is 12.2 Å². The van der Waals surface area contributed by atoms with Crippen molar-refractivity contribution in [3.63, 3.8) is 0 Å². The first-order chi connectivity index (χ1) is 8.95. The van der Waals surface area contributed by atoms with Crippen molar-refractivity contribution >= 4 is 17.3 Å². The molecule has 104 valence electrons. The molecule has 1 fully saturated rings. The minimum atomic E-state index is -0.467. The Morgan fingerprint density at radius 1 is 1.53 bits per heavy atom. The van der Waals surface area contributed by atoms with Crippen molar-refractivity contribution in [3.8, 4) is 0 Å². The second-order valence-electron chi connectivity index (χ2n) is 5.41. The number of nitrogen functional groups attached to an aromatic ring is 1. The number of nitrogens with two attached hydrogens (primary N) is 1. The molecule has 4 nitrogen and oxygen atoms in total. The zero-order chi connectivity index (χ0) is 14.0. The molecule has 2 rings (SSSR count). The zero-order valence-electron chi connectivity index (χ0n) is 11.3. The first kappa shape index (κ1) is 13.8. The van der Waals surface area contributed by atoms with Gasteiger partial charge in [-0.15, -0.1) is 0 Å². The topological polar surface area (TPSA) is 58.4 Å². The molecule has 2 unspecified atom stereocenters. The van der Waals surface area contributed by atoms with Gasteiger partial charge in [0.15, 0.2) is 0 Å². The molecule has 1 aliphatic rings. The third-order valence-electron chi connectivity index (χ3n) is 3.52. The maximum absolute atomic E-state index is 13.5. The predicted molar refractivity (Wildman–Crippen MR) is 74.3 cm³/mol. The molecular formula is C14H20FN3O. The summed E-state index contributed by atoms with van der Waals surface area (Å²) in [7, 11) is 0. The number of anilines is 2. The summed E-state index contributed by atoms with van der Waals surface area (Å²) in [6.07, 6.45) is 1.10. The highest BCUT2D eigenvalue weighted by Crippen LogP contribution is 2.22. The van der Waals surface area contributed by atoms with Crippen LogP contribution in [0.4, 0.5) is 15.8 Å². The smallest absolute Gasteiger partial charge is 0.238 e. The van der Waals surface area contributed by atoms with E-state index in [1.54, 1.807) is 0 Å². The number of carbonyl (C=O) groups is 1. The lowest BCUT2D eigenvalue weighted by molar-refractivity contribution is -0.117. The molecule has 1 heterocycles. The first-order valence-corrected chi connectivity index (χ1v) is 6.54. The molecule has 2 atom stereocenters. The molecule has 1 aromatic rings. The Labute approximate surface area is 112 Å². The van der Waals surface area contributed by atoms with Gasteiger partial charge in [0.1, 0.15) is 5.82 Å². The normalized spacial score (nSPS) is 23.5. The van der Waals surface area contributed by atoms with Crippen molar-refractivity contribution < 1.29 is 9.18 Å². The highest BCUT2D eigenvalue weighted by Gasteiger charge is 2.27. The number of halogens is 1. The molecule has 19 heavy (non-hydrogen) atoms. The summed E-state index contributed by atoms with van der Waals surface area (Å²) in [4.78, 5) is 14.0. The Hall–Kier alpha value is -1.62. The van der Waals surface area contributed by atoms with Gasteiger partial charge >= 0.3 is 0 Å². The van der Waals surface area contributed by atoms with E-state index in [0.717, 1.165) is 13.0 Å². The van der Waals surface area contributed by atoms with Crippen molar-refractivity contribution in [2.75, 3.05) is 24.1 Å². The Kier molecular flexibility index (Phi) is 4.04. The summed E-state index contributed by atoms with van der Waals surface area (Å²) < 4.78 is 13.5. The molecule has 1 saturated heterocycles. The second-order valence-corrected chi connectivity index (χ2v) is 5.41. The molecule has 0 aromatic heterocycles. The minimum Gasteiger partial charge on any atom is -0.399 e. The van der Waals surface area contributed by atoms with Crippen molar-refractivity contribution in [1.29, 1.82) is 0 Å². The quantitative estimate of drug-likeness (QED) is 0.823. The first-order valence-electron chi connectivity index (χ1n) is 6.54. The molecule has 5 heteroatoms. The van der Waals surface area contributed by atoms with Gasteiger partial charge in [0.25, 0.3) is 0 Å². The maximum atomic E-state index is 13.5. The molecular weight excluding hydrogens is 245 g/mol. The second kappa shape index (κ2) is 5.57. The van der Waals surface area contributed by atoms with Crippen molar-refractivity contribution in [2.24, 2.45) is 5.92 Å². The predicted octanol–water partition coefficient (Wildman–Crippen LogP) is 2.08. The summed E-state index contributed by atoms with van der Waals surface area (Å²) in [5.74, 6) is -0.0669. The summed E-state index contributed by atoms with van der Waals surface area (Å²) >= 11 is 0. The maximum Gasteiger partial charge on any atom is 0.238 e. The summed E-state index contributed by atoms with van der Waals surface area (Å²) in [6, 6.07) is 4.55. The van der Waals surface area contributed by atoms with Crippen molar-refractivity contribution in [1.82, 2.24) is 4.90 Å². The molecule has 0 spiro atoms. The van der Waals surface area contributed by atoms with Gasteiger partial charge in [-0.3, -0.25) is 9.69 Å². The number of nitrogens with one attached hydrogen (secondary N) is 1. The summed E-state index contributed by atoms with van der Waals surface area (Å²) in [5, 5.41) is 2.58. The molecule has 0 radical (unpaired) electrons. The highest BCUT2D eigenvalue weighted by molar-refractivity contribution is 5.92. The molecule has 3 N–H and O–H groups in total. The largest absolute Gasteiger partial charge is 0.399 e. The Balaban J connectivity index is 1.96. The lowest BCUT2D eigenvalue weighted by atomic mass is 10.1. The number of hydrogen-bond donors (Lipinski definition) is 2. The standard InChI is InChI=1S/C14H20FN3O/c1-9-5-10(2)18(7-9)8-14(19)17-13-6-11(16)3-4-12(13)15/h3-4,6,9-10H,5,7-8,16H2,1-2H3,(H,17,19). The third kappa shape index (κ3) is 3.44. The Morgan fingerprint density at radius 3 is 2.89 bits per heavy atom. The average molecular weight is 265 g/mol. The van der Waals surface area contributed by atoms with Crippen LogP contribution >= 0.6 is 0 Å². The summed E-state index contributed by atoms with van der Waals surface area (Å²) in [5.41, 5.74) is 6.15. The number of amides is 1. The van der Waals surface area contributed by atoms with E-state index in [2.05, 4.69) is 24.1 Å². The molecule has 0 aliphatic carbocycles. The van der Waals surface area contributed by atoms with E-state index >= 15 is 0 Å². The number of rotatable bonds is 3. The SMILES string of the molecule is CC1CC(C)N(CC(=O)Nc2cc(N)ccc2F)C1. The van der Waals surface area contributed by atoms with E-state index < -0.39 is 5.82 Å². The third-order valence-corrected chi connectivity index (χ3v) is 3.52. The van der Waals surface area contributed by atoms with Crippen LogP contribution in [0, 0.1) is 11.7 Å². The van der Waals surface area contributed by atoms with Crippen LogP contribution < -0.4 is 11.1 Å². The molecule has 1 aromatic carbocycles. The number of likely N-dealkylation sites (tertiary alicyclic amines) is 1. The zero-order valence-corrected chi connectivity index (χ0v) is 11.3. The van der Waals surface area contributed by atoms with E-state index in [9.17, 15) is 9.18 Å². The minimum absolute atomic E-state index is 0.143. The lowest BCUT2D eigenvalue weighted by Crippen LogP contribution is -2.35. The van der Waals surface area contributed by atoms with Crippen LogP contribution in [0.2, 0.25) is 0 Å². The van der Waals surface area contributed by atoms with Crippen LogP contribution in [0.3, 0.4) is 0 Å². The van der Waals surface area contributed by atoms with Crippen LogP contribution in [0.5, 0.6) is 0 Å². The lowest BCUT2D eigenvalue weighted by Gasteiger charge is -2.20. The monoisotopic (exact) mass is 265 g/mol. The fourth-order valence-corrected chi connectivity index (χ4v) is 2.62. The van der Waals surface area contributed by atoms with Gasteiger partial charge in [-0.2, -0.15) is 0 Å².